The number of aromatic nitrogens is 3. The summed E-state index contributed by atoms with van der Waals surface area (Å²) < 4.78 is 7.21. The van der Waals surface area contributed by atoms with Crippen LogP contribution in [0.1, 0.15) is 33.6 Å². The predicted molar refractivity (Wildman–Crippen MR) is 87.4 cm³/mol. The van der Waals surface area contributed by atoms with E-state index in [9.17, 15) is 4.79 Å². The summed E-state index contributed by atoms with van der Waals surface area (Å²) in [6.45, 7) is 7.07. The van der Waals surface area contributed by atoms with Crippen LogP contribution in [0.3, 0.4) is 0 Å². The first-order valence-electron chi connectivity index (χ1n) is 7.96. The number of amides is 1. The molecule has 1 saturated heterocycles. The smallest absolute Gasteiger partial charge is 0.410 e. The van der Waals surface area contributed by atoms with Crippen LogP contribution in [0.5, 0.6) is 0 Å². The largest absolute Gasteiger partial charge is 0.444 e. The van der Waals surface area contributed by atoms with Crippen molar-refractivity contribution < 1.29 is 9.53 Å². The van der Waals surface area contributed by atoms with Gasteiger partial charge in [0.05, 0.1) is 6.04 Å². The molecule has 3 rings (SSSR count). The summed E-state index contributed by atoms with van der Waals surface area (Å²) >= 11 is 0. The molecule has 7 heteroatoms. The van der Waals surface area contributed by atoms with E-state index in [0.29, 0.717) is 6.54 Å². The summed E-state index contributed by atoms with van der Waals surface area (Å²) in [6, 6.07) is 3.94. The first kappa shape index (κ1) is 15.6. The van der Waals surface area contributed by atoms with Gasteiger partial charge >= 0.3 is 6.09 Å². The van der Waals surface area contributed by atoms with E-state index in [4.69, 9.17) is 4.74 Å². The van der Waals surface area contributed by atoms with E-state index in [1.54, 1.807) is 10.7 Å². The summed E-state index contributed by atoms with van der Waals surface area (Å²) in [5.74, 6) is 0.770. The van der Waals surface area contributed by atoms with Crippen molar-refractivity contribution in [2.24, 2.45) is 0 Å². The zero-order chi connectivity index (χ0) is 16.4. The van der Waals surface area contributed by atoms with Crippen molar-refractivity contribution in [3.05, 3.63) is 24.5 Å². The molecule has 1 fully saturated rings. The monoisotopic (exact) mass is 317 g/mol. The molecule has 0 spiro atoms. The van der Waals surface area contributed by atoms with E-state index in [-0.39, 0.29) is 12.1 Å². The van der Waals surface area contributed by atoms with E-state index >= 15 is 0 Å². The molecule has 1 unspecified atom stereocenters. The maximum atomic E-state index is 12.3. The van der Waals surface area contributed by atoms with Gasteiger partial charge in [-0.2, -0.15) is 0 Å². The van der Waals surface area contributed by atoms with E-state index in [2.05, 4.69) is 15.4 Å². The van der Waals surface area contributed by atoms with Gasteiger partial charge in [0.25, 0.3) is 0 Å². The van der Waals surface area contributed by atoms with Crippen molar-refractivity contribution >= 4 is 17.6 Å². The standard InChI is InChI=1S/C16H23N5O2/c1-16(2,3)23-15(22)20-9-4-5-12(20)11-18-13-6-7-14-17-8-10-21(14)19-13/h6-8,10,12H,4-5,9,11H2,1-3H3,(H,18,19). The molecular weight excluding hydrogens is 294 g/mol. The number of ether oxygens (including phenoxy) is 1. The van der Waals surface area contributed by atoms with E-state index in [1.807, 2.05) is 44.0 Å². The second kappa shape index (κ2) is 6.06. The second-order valence-electron chi connectivity index (χ2n) is 6.80. The SMILES string of the molecule is CC(C)(C)OC(=O)N1CCCC1CNc1ccc2nccn2n1. The third-order valence-electron chi connectivity index (χ3n) is 3.78. The predicted octanol–water partition coefficient (Wildman–Crippen LogP) is 2.54. The fourth-order valence-corrected chi connectivity index (χ4v) is 2.74. The molecule has 0 aliphatic carbocycles. The van der Waals surface area contributed by atoms with Crippen LogP contribution in [0.2, 0.25) is 0 Å². The normalized spacial score (nSPS) is 18.4. The summed E-state index contributed by atoms with van der Waals surface area (Å²) in [7, 11) is 0. The summed E-state index contributed by atoms with van der Waals surface area (Å²) in [5.41, 5.74) is 0.345. The molecule has 2 aromatic rings. The Morgan fingerprint density at radius 3 is 3.04 bits per heavy atom. The van der Waals surface area contributed by atoms with Crippen molar-refractivity contribution in [1.29, 1.82) is 0 Å². The van der Waals surface area contributed by atoms with Gasteiger partial charge in [0.15, 0.2) is 5.65 Å². The molecule has 23 heavy (non-hydrogen) atoms. The highest BCUT2D eigenvalue weighted by molar-refractivity contribution is 5.69. The van der Waals surface area contributed by atoms with Crippen LogP contribution in [-0.4, -0.2) is 50.3 Å². The average Bonchev–Trinajstić information content (AvgIpc) is 3.11. The number of fused-ring (bicyclic) bond motifs is 1. The van der Waals surface area contributed by atoms with Crippen molar-refractivity contribution in [3.8, 4) is 0 Å². The average molecular weight is 317 g/mol. The van der Waals surface area contributed by atoms with Gasteiger partial charge in [-0.05, 0) is 45.7 Å². The van der Waals surface area contributed by atoms with Gasteiger partial charge in [0.1, 0.15) is 11.4 Å². The van der Waals surface area contributed by atoms with Crippen molar-refractivity contribution in [2.75, 3.05) is 18.4 Å². The number of imidazole rings is 1. The number of nitrogens with one attached hydrogen (secondary N) is 1. The van der Waals surface area contributed by atoms with Gasteiger partial charge < -0.3 is 15.0 Å². The summed E-state index contributed by atoms with van der Waals surface area (Å²) in [4.78, 5) is 18.3. The lowest BCUT2D eigenvalue weighted by Gasteiger charge is -2.28. The molecule has 2 aromatic heterocycles. The van der Waals surface area contributed by atoms with E-state index < -0.39 is 5.60 Å². The Labute approximate surface area is 135 Å². The number of hydrogen-bond acceptors (Lipinski definition) is 5. The minimum Gasteiger partial charge on any atom is -0.444 e. The van der Waals surface area contributed by atoms with Gasteiger partial charge in [-0.3, -0.25) is 0 Å². The first-order valence-corrected chi connectivity index (χ1v) is 7.96. The number of carbonyl (C=O) groups is 1. The molecule has 1 aliphatic heterocycles. The van der Waals surface area contributed by atoms with Crippen LogP contribution in [0.15, 0.2) is 24.5 Å². The molecule has 7 nitrogen and oxygen atoms in total. The lowest BCUT2D eigenvalue weighted by Crippen LogP contribution is -2.42. The van der Waals surface area contributed by atoms with Crippen LogP contribution >= 0.6 is 0 Å². The number of carbonyl (C=O) groups excluding carboxylic acids is 1. The van der Waals surface area contributed by atoms with Crippen molar-refractivity contribution in [1.82, 2.24) is 19.5 Å². The maximum Gasteiger partial charge on any atom is 0.410 e. The molecule has 0 radical (unpaired) electrons. The zero-order valence-electron chi connectivity index (χ0n) is 13.8. The molecule has 1 N–H and O–H groups in total. The Morgan fingerprint density at radius 2 is 2.26 bits per heavy atom. The highest BCUT2D eigenvalue weighted by Gasteiger charge is 2.31. The topological polar surface area (TPSA) is 71.8 Å². The third kappa shape index (κ3) is 3.72. The molecule has 3 heterocycles. The van der Waals surface area contributed by atoms with E-state index in [0.717, 1.165) is 30.9 Å². The second-order valence-corrected chi connectivity index (χ2v) is 6.80. The Kier molecular flexibility index (Phi) is 4.11. The van der Waals surface area contributed by atoms with Gasteiger partial charge in [-0.25, -0.2) is 14.3 Å². The number of likely N-dealkylation sites (tertiary alicyclic amines) is 1. The summed E-state index contributed by atoms with van der Waals surface area (Å²) in [6.07, 6.45) is 5.26. The van der Waals surface area contributed by atoms with Crippen molar-refractivity contribution in [2.45, 2.75) is 45.3 Å². The van der Waals surface area contributed by atoms with Gasteiger partial charge in [-0.1, -0.05) is 0 Å². The Bertz CT molecular complexity index is 691. The number of rotatable bonds is 3. The lowest BCUT2D eigenvalue weighted by molar-refractivity contribution is 0.0235. The fraction of sp³-hybridized carbons (Fsp3) is 0.562. The molecule has 124 valence electrons. The van der Waals surface area contributed by atoms with Crippen LogP contribution in [0, 0.1) is 0 Å². The lowest BCUT2D eigenvalue weighted by atomic mass is 10.2. The first-order chi connectivity index (χ1) is 10.9. The van der Waals surface area contributed by atoms with Gasteiger partial charge in [-0.15, -0.1) is 5.10 Å². The van der Waals surface area contributed by atoms with Crippen molar-refractivity contribution in [3.63, 3.8) is 0 Å². The molecule has 1 aliphatic rings. The molecule has 1 amide bonds. The fourth-order valence-electron chi connectivity index (χ4n) is 2.74. The van der Waals surface area contributed by atoms with Crippen LogP contribution in [-0.2, 0) is 4.74 Å². The molecule has 1 atom stereocenters. The third-order valence-corrected chi connectivity index (χ3v) is 3.78. The van der Waals surface area contributed by atoms with Crippen LogP contribution in [0.25, 0.3) is 5.65 Å². The molecular formula is C16H23N5O2. The minimum atomic E-state index is -0.467. The van der Waals surface area contributed by atoms with Crippen LogP contribution in [0.4, 0.5) is 10.6 Å². The molecule has 0 bridgehead atoms. The minimum absolute atomic E-state index is 0.130. The summed E-state index contributed by atoms with van der Waals surface area (Å²) in [5, 5.41) is 7.74. The highest BCUT2D eigenvalue weighted by Crippen LogP contribution is 2.21. The number of nitrogens with zero attached hydrogens (tertiary/aromatic N) is 4. The maximum absolute atomic E-state index is 12.3. The Hall–Kier alpha value is -2.31. The Morgan fingerprint density at radius 1 is 1.43 bits per heavy atom. The molecule has 0 aromatic carbocycles. The highest BCUT2D eigenvalue weighted by atomic mass is 16.6. The van der Waals surface area contributed by atoms with Gasteiger partial charge in [0, 0.05) is 25.5 Å². The van der Waals surface area contributed by atoms with Gasteiger partial charge in [0.2, 0.25) is 0 Å². The Balaban J connectivity index is 1.61. The number of hydrogen-bond donors (Lipinski definition) is 1. The quantitative estimate of drug-likeness (QED) is 0.942. The molecule has 0 saturated carbocycles. The zero-order valence-corrected chi connectivity index (χ0v) is 13.8. The number of anilines is 1. The van der Waals surface area contributed by atoms with E-state index in [1.165, 1.54) is 0 Å². The van der Waals surface area contributed by atoms with Crippen LogP contribution < -0.4 is 5.32 Å².